The second kappa shape index (κ2) is 11.2. The van der Waals surface area contributed by atoms with E-state index in [2.05, 4.69) is 13.8 Å². The van der Waals surface area contributed by atoms with Crippen LogP contribution in [0.1, 0.15) is 88.4 Å². The van der Waals surface area contributed by atoms with Crippen molar-refractivity contribution in [1.29, 1.82) is 0 Å². The lowest BCUT2D eigenvalue weighted by Gasteiger charge is -2.27. The predicted octanol–water partition coefficient (Wildman–Crippen LogP) is 6.00. The summed E-state index contributed by atoms with van der Waals surface area (Å²) >= 11 is 0. The van der Waals surface area contributed by atoms with Crippen molar-refractivity contribution in [2.24, 2.45) is 11.8 Å². The Balaban J connectivity index is 1.75. The Bertz CT molecular complexity index is 553. The van der Waals surface area contributed by atoms with Gasteiger partial charge >= 0.3 is 0 Å². The van der Waals surface area contributed by atoms with Gasteiger partial charge in [-0.1, -0.05) is 26.7 Å². The summed E-state index contributed by atoms with van der Waals surface area (Å²) in [6.07, 6.45) is 9.53. The fraction of sp³-hybridized carbons (Fsp3) is 0.652. The van der Waals surface area contributed by atoms with Crippen LogP contribution in [0, 0.1) is 11.8 Å². The van der Waals surface area contributed by atoms with Gasteiger partial charge in [0.25, 0.3) is 0 Å². The molecule has 0 saturated heterocycles. The smallest absolute Gasteiger partial charge is 0.163 e. The third-order valence-corrected chi connectivity index (χ3v) is 5.50. The lowest BCUT2D eigenvalue weighted by molar-refractivity contribution is -0.124. The molecule has 0 amide bonds. The fourth-order valence-corrected chi connectivity index (χ4v) is 3.70. The summed E-state index contributed by atoms with van der Waals surface area (Å²) in [4.78, 5) is 24.7. The van der Waals surface area contributed by atoms with Gasteiger partial charge in [0.2, 0.25) is 0 Å². The standard InChI is InChI=1S/C23H34O3/c1-3-5-7-22(24)19-10-8-18(9-11-19)17-23(25)20-12-14-21(15-13-20)26-16-6-4-2/h12-15,18-19H,3-11,16-17H2,1-2H3/t18-,19-. The van der Waals surface area contributed by atoms with Crippen molar-refractivity contribution < 1.29 is 14.3 Å². The highest BCUT2D eigenvalue weighted by atomic mass is 16.5. The Labute approximate surface area is 158 Å². The summed E-state index contributed by atoms with van der Waals surface area (Å²) in [5, 5.41) is 0. The van der Waals surface area contributed by atoms with Gasteiger partial charge in [-0.15, -0.1) is 0 Å². The van der Waals surface area contributed by atoms with Gasteiger partial charge in [-0.2, -0.15) is 0 Å². The molecule has 144 valence electrons. The number of unbranched alkanes of at least 4 members (excludes halogenated alkanes) is 2. The molecule has 0 radical (unpaired) electrons. The number of benzene rings is 1. The monoisotopic (exact) mass is 358 g/mol. The summed E-state index contributed by atoms with van der Waals surface area (Å²) in [6, 6.07) is 7.55. The van der Waals surface area contributed by atoms with E-state index >= 15 is 0 Å². The Kier molecular flexibility index (Phi) is 8.87. The lowest BCUT2D eigenvalue weighted by atomic mass is 9.77. The Hall–Kier alpha value is -1.64. The van der Waals surface area contributed by atoms with Crippen molar-refractivity contribution in [2.75, 3.05) is 6.61 Å². The molecule has 3 heteroatoms. The largest absolute Gasteiger partial charge is 0.494 e. The van der Waals surface area contributed by atoms with Gasteiger partial charge in [-0.3, -0.25) is 9.59 Å². The molecule has 0 bridgehead atoms. The summed E-state index contributed by atoms with van der Waals surface area (Å²) in [5.41, 5.74) is 0.772. The normalized spacial score (nSPS) is 19.9. The molecule has 1 aromatic rings. The van der Waals surface area contributed by atoms with E-state index in [-0.39, 0.29) is 11.7 Å². The molecule has 2 rings (SSSR count). The Morgan fingerprint density at radius 2 is 1.62 bits per heavy atom. The highest BCUT2D eigenvalue weighted by Crippen LogP contribution is 2.33. The van der Waals surface area contributed by atoms with Gasteiger partial charge in [-0.05, 0) is 68.7 Å². The third kappa shape index (κ3) is 6.59. The molecule has 0 atom stereocenters. The number of carbonyl (C=O) groups is 2. The van der Waals surface area contributed by atoms with Crippen LogP contribution in [0.15, 0.2) is 24.3 Å². The number of hydrogen-bond acceptors (Lipinski definition) is 3. The zero-order valence-electron chi connectivity index (χ0n) is 16.5. The topological polar surface area (TPSA) is 43.4 Å². The molecule has 3 nitrogen and oxygen atoms in total. The van der Waals surface area contributed by atoms with Crippen molar-refractivity contribution in [3.05, 3.63) is 29.8 Å². The van der Waals surface area contributed by atoms with E-state index in [0.717, 1.165) is 75.7 Å². The molecular weight excluding hydrogens is 324 g/mol. The molecule has 1 aliphatic rings. The minimum Gasteiger partial charge on any atom is -0.494 e. The second-order valence-corrected chi connectivity index (χ2v) is 7.64. The van der Waals surface area contributed by atoms with Gasteiger partial charge in [0.15, 0.2) is 5.78 Å². The highest BCUT2D eigenvalue weighted by molar-refractivity contribution is 5.96. The number of ether oxygens (including phenoxy) is 1. The van der Waals surface area contributed by atoms with Crippen molar-refractivity contribution in [3.63, 3.8) is 0 Å². The first-order valence-corrected chi connectivity index (χ1v) is 10.4. The van der Waals surface area contributed by atoms with E-state index in [1.54, 1.807) is 0 Å². The van der Waals surface area contributed by atoms with Crippen LogP contribution < -0.4 is 4.74 Å². The molecule has 0 aliphatic heterocycles. The summed E-state index contributed by atoms with van der Waals surface area (Å²) in [6.45, 7) is 4.99. The van der Waals surface area contributed by atoms with Crippen LogP contribution in [-0.2, 0) is 4.79 Å². The maximum Gasteiger partial charge on any atom is 0.163 e. The molecule has 0 N–H and O–H groups in total. The van der Waals surface area contributed by atoms with E-state index in [4.69, 9.17) is 4.74 Å². The van der Waals surface area contributed by atoms with Crippen molar-refractivity contribution in [3.8, 4) is 5.75 Å². The first-order valence-electron chi connectivity index (χ1n) is 10.4. The molecule has 1 aromatic carbocycles. The summed E-state index contributed by atoms with van der Waals surface area (Å²) in [7, 11) is 0. The second-order valence-electron chi connectivity index (χ2n) is 7.64. The van der Waals surface area contributed by atoms with E-state index in [9.17, 15) is 9.59 Å². The zero-order valence-corrected chi connectivity index (χ0v) is 16.5. The van der Waals surface area contributed by atoms with Crippen LogP contribution in [0.3, 0.4) is 0 Å². The number of Topliss-reactive ketones (excluding diaryl/α,β-unsaturated/α-hetero) is 2. The van der Waals surface area contributed by atoms with Crippen LogP contribution in [0.25, 0.3) is 0 Å². The van der Waals surface area contributed by atoms with Gasteiger partial charge in [-0.25, -0.2) is 0 Å². The van der Waals surface area contributed by atoms with Gasteiger partial charge < -0.3 is 4.74 Å². The maximum absolute atomic E-state index is 12.5. The zero-order chi connectivity index (χ0) is 18.8. The minimum atomic E-state index is 0.214. The Morgan fingerprint density at radius 1 is 0.962 bits per heavy atom. The first kappa shape index (κ1) is 20.7. The molecule has 0 aromatic heterocycles. The minimum absolute atomic E-state index is 0.214. The van der Waals surface area contributed by atoms with E-state index in [0.29, 0.717) is 18.1 Å². The quantitative estimate of drug-likeness (QED) is 0.360. The molecule has 1 aliphatic carbocycles. The molecule has 26 heavy (non-hydrogen) atoms. The van der Waals surface area contributed by atoms with Crippen LogP contribution in [0.5, 0.6) is 5.75 Å². The number of rotatable bonds is 11. The fourth-order valence-electron chi connectivity index (χ4n) is 3.70. The van der Waals surface area contributed by atoms with Crippen LogP contribution in [0.4, 0.5) is 0 Å². The number of ketones is 2. The molecule has 1 fully saturated rings. The van der Waals surface area contributed by atoms with Crippen molar-refractivity contribution in [2.45, 2.75) is 78.1 Å². The Morgan fingerprint density at radius 3 is 2.23 bits per heavy atom. The van der Waals surface area contributed by atoms with Gasteiger partial charge in [0, 0.05) is 24.3 Å². The van der Waals surface area contributed by atoms with E-state index < -0.39 is 0 Å². The van der Waals surface area contributed by atoms with Crippen molar-refractivity contribution >= 4 is 11.6 Å². The number of hydrogen-bond donors (Lipinski definition) is 0. The van der Waals surface area contributed by atoms with Crippen LogP contribution >= 0.6 is 0 Å². The lowest BCUT2D eigenvalue weighted by Crippen LogP contribution is -2.23. The maximum atomic E-state index is 12.5. The SMILES string of the molecule is CCCCOc1ccc(C(=O)C[C@H]2CC[C@H](C(=O)CCCC)CC2)cc1. The average molecular weight is 359 g/mol. The van der Waals surface area contributed by atoms with Gasteiger partial charge in [0.1, 0.15) is 11.5 Å². The predicted molar refractivity (Wildman–Crippen MR) is 106 cm³/mol. The average Bonchev–Trinajstić information content (AvgIpc) is 2.67. The van der Waals surface area contributed by atoms with E-state index in [1.165, 1.54) is 0 Å². The third-order valence-electron chi connectivity index (χ3n) is 5.50. The van der Waals surface area contributed by atoms with E-state index in [1.807, 2.05) is 24.3 Å². The molecule has 0 unspecified atom stereocenters. The molecule has 0 spiro atoms. The van der Waals surface area contributed by atoms with Crippen LogP contribution in [0.2, 0.25) is 0 Å². The molecule has 0 heterocycles. The summed E-state index contributed by atoms with van der Waals surface area (Å²) < 4.78 is 5.65. The first-order chi connectivity index (χ1) is 12.6. The molecular formula is C23H34O3. The number of carbonyl (C=O) groups excluding carboxylic acids is 2. The molecule has 1 saturated carbocycles. The van der Waals surface area contributed by atoms with Crippen LogP contribution in [-0.4, -0.2) is 18.2 Å². The van der Waals surface area contributed by atoms with Crippen molar-refractivity contribution in [1.82, 2.24) is 0 Å². The summed E-state index contributed by atoms with van der Waals surface area (Å²) in [5.74, 6) is 2.16. The highest BCUT2D eigenvalue weighted by Gasteiger charge is 2.27. The van der Waals surface area contributed by atoms with Gasteiger partial charge in [0.05, 0.1) is 6.61 Å².